The Labute approximate surface area is 177 Å². The Bertz CT molecular complexity index is 1070. The molecule has 0 radical (unpaired) electrons. The molecule has 10 nitrogen and oxygen atoms in total. The number of H-pyrrole nitrogens is 1. The van der Waals surface area contributed by atoms with Gasteiger partial charge in [0.25, 0.3) is 12.4 Å². The van der Waals surface area contributed by atoms with Gasteiger partial charge in [0, 0.05) is 18.7 Å². The zero-order chi connectivity index (χ0) is 22.4. The number of carboxylic acids is 1. The van der Waals surface area contributed by atoms with Gasteiger partial charge in [0.2, 0.25) is 0 Å². The van der Waals surface area contributed by atoms with Crippen molar-refractivity contribution in [1.82, 2.24) is 20.3 Å². The molecule has 1 aliphatic rings. The quantitative estimate of drug-likeness (QED) is 0.453. The number of nitrogens with one attached hydrogen (secondary N) is 1. The van der Waals surface area contributed by atoms with E-state index in [2.05, 4.69) is 15.4 Å². The van der Waals surface area contributed by atoms with Crippen LogP contribution in [-0.4, -0.2) is 73.2 Å². The van der Waals surface area contributed by atoms with Gasteiger partial charge in [0.1, 0.15) is 16.4 Å². The van der Waals surface area contributed by atoms with E-state index >= 15 is 0 Å². The highest BCUT2D eigenvalue weighted by molar-refractivity contribution is 5.97. The summed E-state index contributed by atoms with van der Waals surface area (Å²) in [6.45, 7) is -0.0191. The number of fused-ring (bicyclic) bond motifs is 1. The van der Waals surface area contributed by atoms with E-state index in [1.165, 1.54) is 4.90 Å². The molecular weight excluding hydrogens is 404 g/mol. The third-order valence-electron chi connectivity index (χ3n) is 5.42. The number of aliphatic hydroxyl groups is 1. The number of hydrogen-bond donors (Lipinski definition) is 4. The van der Waals surface area contributed by atoms with Crippen LogP contribution < -0.4 is 0 Å². The molecule has 2 aromatic carbocycles. The van der Waals surface area contributed by atoms with Crippen molar-refractivity contribution >= 4 is 29.4 Å². The van der Waals surface area contributed by atoms with Crippen LogP contribution in [0.2, 0.25) is 0 Å². The van der Waals surface area contributed by atoms with E-state index in [-0.39, 0.29) is 31.8 Å². The molecule has 10 heteroatoms. The van der Waals surface area contributed by atoms with Crippen molar-refractivity contribution in [3.8, 4) is 0 Å². The smallest absolute Gasteiger partial charge is 0.314 e. The van der Waals surface area contributed by atoms with Crippen LogP contribution in [0.1, 0.15) is 22.3 Å². The van der Waals surface area contributed by atoms with E-state index in [1.807, 2.05) is 30.3 Å². The molecule has 4 N–H and O–H groups in total. The first kappa shape index (κ1) is 21.9. The molecule has 0 bridgehead atoms. The van der Waals surface area contributed by atoms with Crippen molar-refractivity contribution < 1.29 is 29.7 Å². The second-order valence-corrected chi connectivity index (χ2v) is 7.29. The Hall–Kier alpha value is -3.79. The molecule has 3 aromatic rings. The first-order valence-corrected chi connectivity index (χ1v) is 9.54. The van der Waals surface area contributed by atoms with Gasteiger partial charge in [-0.05, 0) is 36.6 Å². The van der Waals surface area contributed by atoms with E-state index in [4.69, 9.17) is 9.90 Å². The first-order valence-electron chi connectivity index (χ1n) is 9.54. The number of amides is 1. The molecule has 4 rings (SSSR count). The molecule has 1 aliphatic heterocycles. The molecular formula is C21H22N4O6. The number of aliphatic hydroxyl groups excluding tert-OH is 1. The minimum atomic E-state index is -1.45. The van der Waals surface area contributed by atoms with Crippen LogP contribution in [-0.2, 0) is 16.0 Å². The Morgan fingerprint density at radius 2 is 1.84 bits per heavy atom. The molecule has 0 spiro atoms. The Kier molecular flexibility index (Phi) is 6.61. The van der Waals surface area contributed by atoms with Gasteiger partial charge >= 0.3 is 5.97 Å². The van der Waals surface area contributed by atoms with E-state index in [0.717, 1.165) is 5.56 Å². The summed E-state index contributed by atoms with van der Waals surface area (Å²) >= 11 is 0. The number of aromatic amines is 1. The highest BCUT2D eigenvalue weighted by Crippen LogP contribution is 2.35. The Morgan fingerprint density at radius 3 is 2.52 bits per heavy atom. The van der Waals surface area contributed by atoms with Crippen LogP contribution in [0, 0.1) is 5.41 Å². The van der Waals surface area contributed by atoms with Gasteiger partial charge in [-0.1, -0.05) is 30.3 Å². The summed E-state index contributed by atoms with van der Waals surface area (Å²) in [6.07, 6.45) is -0.680. The van der Waals surface area contributed by atoms with Crippen LogP contribution in [0.5, 0.6) is 0 Å². The summed E-state index contributed by atoms with van der Waals surface area (Å²) in [4.78, 5) is 35.1. The molecule has 1 fully saturated rings. The molecule has 0 saturated carbocycles. The van der Waals surface area contributed by atoms with Crippen molar-refractivity contribution in [3.63, 3.8) is 0 Å². The van der Waals surface area contributed by atoms with Gasteiger partial charge in [-0.3, -0.25) is 14.4 Å². The number of likely N-dealkylation sites (tertiary alicyclic amines) is 1. The lowest BCUT2D eigenvalue weighted by Gasteiger charge is -2.43. The van der Waals surface area contributed by atoms with Crippen LogP contribution in [0.15, 0.2) is 48.5 Å². The molecule has 1 aromatic heterocycles. The second-order valence-electron chi connectivity index (χ2n) is 7.29. The minimum absolute atomic E-state index is 0.0614. The van der Waals surface area contributed by atoms with E-state index < -0.39 is 17.5 Å². The van der Waals surface area contributed by atoms with E-state index in [0.29, 0.717) is 23.1 Å². The number of aromatic nitrogens is 3. The average molecular weight is 426 g/mol. The summed E-state index contributed by atoms with van der Waals surface area (Å²) in [6, 6.07) is 14.1. The minimum Gasteiger partial charge on any atom is -0.483 e. The SMILES string of the molecule is O=C(c1ccc2n[nH]nc2c1)N1CC[C@H](O)[C@](Cc2ccccc2)(C(=O)O)C1.O=CO. The number of carbonyl (C=O) groups is 3. The van der Waals surface area contributed by atoms with Gasteiger partial charge in [0.15, 0.2) is 0 Å². The lowest BCUT2D eigenvalue weighted by Crippen LogP contribution is -2.58. The average Bonchev–Trinajstić information content (AvgIpc) is 3.24. The Balaban J connectivity index is 0.000000858. The monoisotopic (exact) mass is 426 g/mol. The number of hydrogen-bond acceptors (Lipinski definition) is 6. The summed E-state index contributed by atoms with van der Waals surface area (Å²) < 4.78 is 0. The van der Waals surface area contributed by atoms with Crippen LogP contribution in [0.3, 0.4) is 0 Å². The van der Waals surface area contributed by atoms with Crippen LogP contribution in [0.25, 0.3) is 11.0 Å². The number of aliphatic carboxylic acids is 1. The summed E-state index contributed by atoms with van der Waals surface area (Å²) in [5.74, 6) is -1.39. The predicted molar refractivity (Wildman–Crippen MR) is 109 cm³/mol. The summed E-state index contributed by atoms with van der Waals surface area (Å²) in [7, 11) is 0. The normalized spacial score (nSPS) is 20.5. The fraction of sp³-hybridized carbons (Fsp3) is 0.286. The van der Waals surface area contributed by atoms with Crippen molar-refractivity contribution in [1.29, 1.82) is 0 Å². The number of carboxylic acid groups (broad SMARTS) is 2. The topological polar surface area (TPSA) is 157 Å². The summed E-state index contributed by atoms with van der Waals surface area (Å²) in [5.41, 5.74) is 0.984. The zero-order valence-corrected chi connectivity index (χ0v) is 16.5. The van der Waals surface area contributed by atoms with Crippen molar-refractivity contribution in [2.75, 3.05) is 13.1 Å². The van der Waals surface area contributed by atoms with Crippen LogP contribution in [0.4, 0.5) is 0 Å². The van der Waals surface area contributed by atoms with Gasteiger partial charge in [-0.25, -0.2) is 0 Å². The molecule has 1 amide bonds. The number of nitrogens with zero attached hydrogens (tertiary/aromatic N) is 3. The third kappa shape index (κ3) is 4.53. The van der Waals surface area contributed by atoms with Gasteiger partial charge in [-0.15, -0.1) is 0 Å². The Morgan fingerprint density at radius 1 is 1.16 bits per heavy atom. The lowest BCUT2D eigenvalue weighted by molar-refractivity contribution is -0.161. The van der Waals surface area contributed by atoms with Gasteiger partial charge in [0.05, 0.1) is 6.10 Å². The molecule has 162 valence electrons. The maximum absolute atomic E-state index is 13.0. The van der Waals surface area contributed by atoms with Crippen LogP contribution >= 0.6 is 0 Å². The molecule has 2 heterocycles. The highest BCUT2D eigenvalue weighted by atomic mass is 16.4. The molecule has 31 heavy (non-hydrogen) atoms. The molecule has 2 atom stereocenters. The van der Waals surface area contributed by atoms with Crippen molar-refractivity contribution in [2.24, 2.45) is 5.41 Å². The van der Waals surface area contributed by atoms with Crippen molar-refractivity contribution in [2.45, 2.75) is 18.9 Å². The number of benzene rings is 2. The molecule has 1 saturated heterocycles. The van der Waals surface area contributed by atoms with Gasteiger partial charge < -0.3 is 20.2 Å². The second kappa shape index (κ2) is 9.35. The lowest BCUT2D eigenvalue weighted by atomic mass is 9.72. The number of piperidine rings is 1. The maximum atomic E-state index is 13.0. The molecule has 0 aliphatic carbocycles. The van der Waals surface area contributed by atoms with Gasteiger partial charge in [-0.2, -0.15) is 15.4 Å². The van der Waals surface area contributed by atoms with E-state index in [1.54, 1.807) is 18.2 Å². The maximum Gasteiger partial charge on any atom is 0.314 e. The summed E-state index contributed by atoms with van der Waals surface area (Å²) in [5, 5.41) is 37.9. The zero-order valence-electron chi connectivity index (χ0n) is 16.5. The fourth-order valence-electron chi connectivity index (χ4n) is 3.83. The largest absolute Gasteiger partial charge is 0.483 e. The number of carbonyl (C=O) groups excluding carboxylic acids is 1. The number of rotatable bonds is 4. The van der Waals surface area contributed by atoms with E-state index in [9.17, 15) is 19.8 Å². The first-order chi connectivity index (χ1) is 14.9. The van der Waals surface area contributed by atoms with Crippen molar-refractivity contribution in [3.05, 3.63) is 59.7 Å². The standard InChI is InChI=1S/C20H20N4O4.CH2O2/c25-17-8-9-24(18(26)14-6-7-15-16(10-14)22-23-21-15)12-20(17,19(27)28)11-13-4-2-1-3-5-13;2-1-3/h1-7,10,17,25H,8-9,11-12H2,(H,27,28)(H,21,22,23);1H,(H,2,3)/t17-,20+;/m0./s1. The predicted octanol–water partition coefficient (Wildman–Crippen LogP) is 1.18. The third-order valence-corrected chi connectivity index (χ3v) is 5.42. The highest BCUT2D eigenvalue weighted by Gasteiger charge is 2.50. The fourth-order valence-corrected chi connectivity index (χ4v) is 3.83. The molecule has 0 unspecified atom stereocenters.